The van der Waals surface area contributed by atoms with Gasteiger partial charge in [0.15, 0.2) is 11.6 Å². The number of hydrogen-bond donors (Lipinski definition) is 1. The molecule has 1 aromatic carbocycles. The normalized spacial score (nSPS) is 12.1. The van der Waals surface area contributed by atoms with E-state index in [1.165, 1.54) is 6.07 Å². The SMILES string of the molecule is O=C(NC[C@@H](c1ccsc1)n1cccn1)c1ccc(F)c(F)c1. The Bertz CT molecular complexity index is 754. The van der Waals surface area contributed by atoms with E-state index < -0.39 is 17.5 Å². The summed E-state index contributed by atoms with van der Waals surface area (Å²) in [5.74, 6) is -2.48. The third kappa shape index (κ3) is 3.45. The molecule has 7 heteroatoms. The van der Waals surface area contributed by atoms with Gasteiger partial charge >= 0.3 is 0 Å². The van der Waals surface area contributed by atoms with Gasteiger partial charge in [-0.2, -0.15) is 16.4 Å². The molecule has 4 nitrogen and oxygen atoms in total. The number of amides is 1. The largest absolute Gasteiger partial charge is 0.350 e. The Morgan fingerprint density at radius 2 is 2.17 bits per heavy atom. The molecule has 0 radical (unpaired) electrons. The number of thiophene rings is 1. The van der Waals surface area contributed by atoms with Crippen LogP contribution in [0.3, 0.4) is 0 Å². The number of hydrogen-bond acceptors (Lipinski definition) is 3. The molecule has 1 atom stereocenters. The maximum absolute atomic E-state index is 13.2. The summed E-state index contributed by atoms with van der Waals surface area (Å²) in [7, 11) is 0. The second kappa shape index (κ2) is 6.70. The van der Waals surface area contributed by atoms with Crippen LogP contribution in [0.1, 0.15) is 22.0 Å². The predicted molar refractivity (Wildman–Crippen MR) is 83.4 cm³/mol. The maximum atomic E-state index is 13.2. The van der Waals surface area contributed by atoms with Gasteiger partial charge in [0, 0.05) is 24.5 Å². The van der Waals surface area contributed by atoms with Gasteiger partial charge in [-0.15, -0.1) is 0 Å². The minimum absolute atomic E-state index is 0.0773. The van der Waals surface area contributed by atoms with Gasteiger partial charge in [-0.1, -0.05) is 0 Å². The molecule has 2 aromatic heterocycles. The molecule has 1 N–H and O–H groups in total. The maximum Gasteiger partial charge on any atom is 0.251 e. The Kier molecular flexibility index (Phi) is 4.47. The van der Waals surface area contributed by atoms with Crippen molar-refractivity contribution in [1.82, 2.24) is 15.1 Å². The van der Waals surface area contributed by atoms with Crippen molar-refractivity contribution in [2.75, 3.05) is 6.54 Å². The first-order valence-corrected chi connectivity index (χ1v) is 7.84. The molecule has 3 aromatic rings. The van der Waals surface area contributed by atoms with Crippen molar-refractivity contribution in [3.63, 3.8) is 0 Å². The second-order valence-corrected chi connectivity index (χ2v) is 5.68. The van der Waals surface area contributed by atoms with Crippen LogP contribution in [0.15, 0.2) is 53.5 Å². The van der Waals surface area contributed by atoms with Crippen LogP contribution in [-0.4, -0.2) is 22.2 Å². The first-order valence-electron chi connectivity index (χ1n) is 6.89. The van der Waals surface area contributed by atoms with Crippen molar-refractivity contribution in [3.05, 3.63) is 76.2 Å². The number of aromatic nitrogens is 2. The highest BCUT2D eigenvalue weighted by Gasteiger charge is 2.17. The standard InChI is InChI=1S/C16H13F2N3OS/c17-13-3-2-11(8-14(13)18)16(22)19-9-15(12-4-7-23-10-12)21-6-1-5-20-21/h1-8,10,15H,9H2,(H,19,22)/t15-/m0/s1. The highest BCUT2D eigenvalue weighted by molar-refractivity contribution is 7.07. The fourth-order valence-corrected chi connectivity index (χ4v) is 2.93. The molecule has 23 heavy (non-hydrogen) atoms. The zero-order chi connectivity index (χ0) is 16.2. The van der Waals surface area contributed by atoms with Crippen molar-refractivity contribution in [2.24, 2.45) is 0 Å². The Labute approximate surface area is 135 Å². The summed E-state index contributed by atoms with van der Waals surface area (Å²) in [6.07, 6.45) is 3.47. The van der Waals surface area contributed by atoms with Gasteiger partial charge in [0.2, 0.25) is 0 Å². The van der Waals surface area contributed by atoms with E-state index in [-0.39, 0.29) is 18.2 Å². The van der Waals surface area contributed by atoms with Crippen LogP contribution in [-0.2, 0) is 0 Å². The van der Waals surface area contributed by atoms with Crippen LogP contribution in [0, 0.1) is 11.6 Å². The third-order valence-corrected chi connectivity index (χ3v) is 4.11. The van der Waals surface area contributed by atoms with Gasteiger partial charge in [-0.25, -0.2) is 8.78 Å². The highest BCUT2D eigenvalue weighted by atomic mass is 32.1. The zero-order valence-corrected chi connectivity index (χ0v) is 12.8. The van der Waals surface area contributed by atoms with E-state index in [1.54, 1.807) is 28.3 Å². The molecule has 0 unspecified atom stereocenters. The molecule has 0 saturated heterocycles. The van der Waals surface area contributed by atoms with Crippen molar-refractivity contribution in [3.8, 4) is 0 Å². The highest BCUT2D eigenvalue weighted by Crippen LogP contribution is 2.19. The van der Waals surface area contributed by atoms with Crippen LogP contribution in [0.25, 0.3) is 0 Å². The lowest BCUT2D eigenvalue weighted by molar-refractivity contribution is 0.0948. The van der Waals surface area contributed by atoms with E-state index in [2.05, 4.69) is 10.4 Å². The van der Waals surface area contributed by atoms with Crippen molar-refractivity contribution in [2.45, 2.75) is 6.04 Å². The Morgan fingerprint density at radius 3 is 2.83 bits per heavy atom. The van der Waals surface area contributed by atoms with Gasteiger partial charge in [0.25, 0.3) is 5.91 Å². The third-order valence-electron chi connectivity index (χ3n) is 3.41. The Hall–Kier alpha value is -2.54. The fraction of sp³-hybridized carbons (Fsp3) is 0.125. The summed E-state index contributed by atoms with van der Waals surface area (Å²) in [5.41, 5.74) is 1.10. The number of halogens is 2. The van der Waals surface area contributed by atoms with Crippen LogP contribution in [0.2, 0.25) is 0 Å². The first kappa shape index (κ1) is 15.4. The van der Waals surface area contributed by atoms with Gasteiger partial charge in [-0.05, 0) is 46.7 Å². The van der Waals surface area contributed by atoms with E-state index in [1.807, 2.05) is 23.0 Å². The molecule has 3 rings (SSSR count). The molecule has 0 fully saturated rings. The molecule has 2 heterocycles. The van der Waals surface area contributed by atoms with Crippen molar-refractivity contribution in [1.29, 1.82) is 0 Å². The molecule has 0 aliphatic rings. The lowest BCUT2D eigenvalue weighted by atomic mass is 10.1. The number of nitrogens with zero attached hydrogens (tertiary/aromatic N) is 2. The fourth-order valence-electron chi connectivity index (χ4n) is 2.22. The van der Waals surface area contributed by atoms with E-state index >= 15 is 0 Å². The zero-order valence-electron chi connectivity index (χ0n) is 11.9. The lowest BCUT2D eigenvalue weighted by Crippen LogP contribution is -2.31. The van der Waals surface area contributed by atoms with Gasteiger partial charge in [0.1, 0.15) is 0 Å². The smallest absolute Gasteiger partial charge is 0.251 e. The molecule has 0 aliphatic carbocycles. The molecule has 0 spiro atoms. The summed E-state index contributed by atoms with van der Waals surface area (Å²) in [6.45, 7) is 0.288. The van der Waals surface area contributed by atoms with Crippen LogP contribution >= 0.6 is 11.3 Å². The van der Waals surface area contributed by atoms with Crippen LogP contribution in [0.4, 0.5) is 8.78 Å². The van der Waals surface area contributed by atoms with Crippen molar-refractivity contribution >= 4 is 17.2 Å². The predicted octanol–water partition coefficient (Wildman–Crippen LogP) is 3.24. The molecular weight excluding hydrogens is 320 g/mol. The monoisotopic (exact) mass is 333 g/mol. The van der Waals surface area contributed by atoms with Crippen LogP contribution < -0.4 is 5.32 Å². The first-order chi connectivity index (χ1) is 11.1. The topological polar surface area (TPSA) is 46.9 Å². The summed E-state index contributed by atoms with van der Waals surface area (Å²) in [6, 6.07) is 6.68. The molecule has 1 amide bonds. The summed E-state index contributed by atoms with van der Waals surface area (Å²) in [5, 5.41) is 10.9. The number of carbonyl (C=O) groups excluding carboxylic acids is 1. The number of nitrogens with one attached hydrogen (secondary N) is 1. The number of carbonyl (C=O) groups is 1. The summed E-state index contributed by atoms with van der Waals surface area (Å²) in [4.78, 5) is 12.1. The Balaban J connectivity index is 1.74. The minimum atomic E-state index is -1.04. The Morgan fingerprint density at radius 1 is 1.30 bits per heavy atom. The average Bonchev–Trinajstić information content (AvgIpc) is 3.24. The quantitative estimate of drug-likeness (QED) is 0.779. The molecule has 118 valence electrons. The molecular formula is C16H13F2N3OS. The number of benzene rings is 1. The van der Waals surface area contributed by atoms with E-state index in [4.69, 9.17) is 0 Å². The van der Waals surface area contributed by atoms with Gasteiger partial charge in [-0.3, -0.25) is 9.48 Å². The van der Waals surface area contributed by atoms with Crippen molar-refractivity contribution < 1.29 is 13.6 Å². The molecule has 0 aliphatic heterocycles. The van der Waals surface area contributed by atoms with E-state index in [0.29, 0.717) is 0 Å². The second-order valence-electron chi connectivity index (χ2n) is 4.90. The number of rotatable bonds is 5. The molecule has 0 saturated carbocycles. The summed E-state index contributed by atoms with van der Waals surface area (Å²) < 4.78 is 27.9. The minimum Gasteiger partial charge on any atom is -0.350 e. The molecule has 0 bridgehead atoms. The average molecular weight is 333 g/mol. The van der Waals surface area contributed by atoms with E-state index in [0.717, 1.165) is 17.7 Å². The lowest BCUT2D eigenvalue weighted by Gasteiger charge is -2.17. The summed E-state index contributed by atoms with van der Waals surface area (Å²) >= 11 is 1.55. The van der Waals surface area contributed by atoms with Gasteiger partial charge < -0.3 is 5.32 Å². The van der Waals surface area contributed by atoms with E-state index in [9.17, 15) is 13.6 Å². The van der Waals surface area contributed by atoms with Crippen LogP contribution in [0.5, 0.6) is 0 Å². The van der Waals surface area contributed by atoms with Gasteiger partial charge in [0.05, 0.1) is 6.04 Å².